The van der Waals surface area contributed by atoms with Gasteiger partial charge in [0.15, 0.2) is 0 Å². The first kappa shape index (κ1) is 12.8. The minimum atomic E-state index is -0.0491. The van der Waals surface area contributed by atoms with Crippen LogP contribution >= 0.6 is 0 Å². The number of ether oxygens (including phenoxy) is 2. The second kappa shape index (κ2) is 5.83. The van der Waals surface area contributed by atoms with Crippen LogP contribution in [0.3, 0.4) is 0 Å². The molecule has 2 unspecified atom stereocenters. The fourth-order valence-electron chi connectivity index (χ4n) is 2.97. The third-order valence-electron chi connectivity index (χ3n) is 4.05. The second-order valence-corrected chi connectivity index (χ2v) is 5.38. The van der Waals surface area contributed by atoms with Crippen molar-refractivity contribution < 1.29 is 14.3 Å². The summed E-state index contributed by atoms with van der Waals surface area (Å²) < 4.78 is 10.2. The van der Waals surface area contributed by atoms with Gasteiger partial charge in [0, 0.05) is 32.8 Å². The lowest BCUT2D eigenvalue weighted by Crippen LogP contribution is -2.31. The molecule has 0 spiro atoms. The smallest absolute Gasteiger partial charge is 0.310 e. The summed E-state index contributed by atoms with van der Waals surface area (Å²) in [6, 6.07) is 0. The predicted molar refractivity (Wildman–Crippen MR) is 64.7 cm³/mol. The minimum absolute atomic E-state index is 0.0491. The van der Waals surface area contributed by atoms with Crippen molar-refractivity contribution in [2.24, 2.45) is 17.8 Å². The molecule has 17 heavy (non-hydrogen) atoms. The van der Waals surface area contributed by atoms with Gasteiger partial charge in [-0.05, 0) is 24.7 Å². The monoisotopic (exact) mass is 241 g/mol. The maximum absolute atomic E-state index is 11.6. The molecule has 0 aromatic rings. The molecule has 2 rings (SSSR count). The van der Waals surface area contributed by atoms with Gasteiger partial charge in [-0.15, -0.1) is 0 Å². The van der Waals surface area contributed by atoms with Crippen LogP contribution in [0.25, 0.3) is 0 Å². The topological polar surface area (TPSA) is 38.8 Å². The lowest BCUT2D eigenvalue weighted by atomic mass is 9.99. The highest BCUT2D eigenvalue weighted by Gasteiger charge is 2.36. The number of carbonyl (C=O) groups excluding carboxylic acids is 1. The number of likely N-dealkylation sites (tertiary alicyclic amines) is 1. The molecule has 4 heteroatoms. The van der Waals surface area contributed by atoms with Gasteiger partial charge in [-0.25, -0.2) is 0 Å². The van der Waals surface area contributed by atoms with Crippen LogP contribution in [0.4, 0.5) is 0 Å². The molecule has 0 aromatic carbocycles. The quantitative estimate of drug-likeness (QED) is 0.695. The molecule has 0 saturated carbocycles. The number of carbonyl (C=O) groups is 1. The molecule has 0 aliphatic carbocycles. The molecule has 98 valence electrons. The third kappa shape index (κ3) is 3.19. The Labute approximate surface area is 103 Å². The molecule has 2 fully saturated rings. The first-order chi connectivity index (χ1) is 8.20. The van der Waals surface area contributed by atoms with E-state index in [9.17, 15) is 4.79 Å². The van der Waals surface area contributed by atoms with Gasteiger partial charge in [0.25, 0.3) is 0 Å². The Morgan fingerprint density at radius 2 is 2.06 bits per heavy atom. The maximum Gasteiger partial charge on any atom is 0.310 e. The summed E-state index contributed by atoms with van der Waals surface area (Å²) in [5.41, 5.74) is 0. The zero-order valence-corrected chi connectivity index (χ0v) is 10.9. The number of nitrogens with zero attached hydrogens (tertiary/aromatic N) is 1. The Hall–Kier alpha value is -0.610. The van der Waals surface area contributed by atoms with Crippen molar-refractivity contribution in [2.45, 2.75) is 19.8 Å². The molecule has 2 saturated heterocycles. The van der Waals surface area contributed by atoms with Gasteiger partial charge in [0.05, 0.1) is 13.0 Å². The summed E-state index contributed by atoms with van der Waals surface area (Å²) in [6.07, 6.45) is 2.32. The molecular weight excluding hydrogens is 218 g/mol. The van der Waals surface area contributed by atoms with E-state index in [2.05, 4.69) is 11.8 Å². The summed E-state index contributed by atoms with van der Waals surface area (Å²) in [5.74, 6) is 1.18. The molecule has 2 aliphatic heterocycles. The predicted octanol–water partition coefficient (Wildman–Crippen LogP) is 1.15. The molecule has 0 bridgehead atoms. The molecule has 0 amide bonds. The van der Waals surface area contributed by atoms with Crippen molar-refractivity contribution >= 4 is 5.97 Å². The maximum atomic E-state index is 11.6. The molecule has 2 heterocycles. The van der Waals surface area contributed by atoms with Gasteiger partial charge < -0.3 is 14.4 Å². The van der Waals surface area contributed by atoms with Crippen molar-refractivity contribution in [1.29, 1.82) is 0 Å². The Morgan fingerprint density at radius 3 is 2.71 bits per heavy atom. The van der Waals surface area contributed by atoms with E-state index in [4.69, 9.17) is 9.47 Å². The zero-order valence-electron chi connectivity index (χ0n) is 10.9. The number of hydrogen-bond acceptors (Lipinski definition) is 4. The van der Waals surface area contributed by atoms with Crippen LogP contribution in [0.5, 0.6) is 0 Å². The van der Waals surface area contributed by atoms with E-state index in [1.807, 2.05) is 0 Å². The van der Waals surface area contributed by atoms with E-state index in [0.29, 0.717) is 5.92 Å². The number of hydrogen-bond donors (Lipinski definition) is 0. The van der Waals surface area contributed by atoms with Crippen molar-refractivity contribution in [3.05, 3.63) is 0 Å². The van der Waals surface area contributed by atoms with E-state index in [1.165, 1.54) is 7.11 Å². The average molecular weight is 241 g/mol. The fourth-order valence-corrected chi connectivity index (χ4v) is 2.97. The summed E-state index contributed by atoms with van der Waals surface area (Å²) in [6.45, 7) is 6.94. The van der Waals surface area contributed by atoms with Gasteiger partial charge in [0.1, 0.15) is 0 Å². The van der Waals surface area contributed by atoms with E-state index in [1.54, 1.807) is 0 Å². The Balaban J connectivity index is 1.81. The van der Waals surface area contributed by atoms with Gasteiger partial charge in [-0.2, -0.15) is 0 Å². The lowest BCUT2D eigenvalue weighted by molar-refractivity contribution is -0.146. The highest BCUT2D eigenvalue weighted by atomic mass is 16.5. The standard InChI is InChI=1S/C13H23NO3/c1-10-7-14(9-12(10)13(15)16-2)8-11-3-5-17-6-4-11/h10-12H,3-9H2,1-2H3. The van der Waals surface area contributed by atoms with Crippen molar-refractivity contribution in [2.75, 3.05) is 40.0 Å². The van der Waals surface area contributed by atoms with Gasteiger partial charge in [-0.3, -0.25) is 4.79 Å². The van der Waals surface area contributed by atoms with Crippen LogP contribution in [0.1, 0.15) is 19.8 Å². The third-order valence-corrected chi connectivity index (χ3v) is 4.05. The van der Waals surface area contributed by atoms with Gasteiger partial charge in [-0.1, -0.05) is 6.92 Å². The highest BCUT2D eigenvalue weighted by Crippen LogP contribution is 2.26. The minimum Gasteiger partial charge on any atom is -0.469 e. The van der Waals surface area contributed by atoms with Gasteiger partial charge in [0.2, 0.25) is 0 Å². The molecule has 0 radical (unpaired) electrons. The van der Waals surface area contributed by atoms with Gasteiger partial charge >= 0.3 is 5.97 Å². The van der Waals surface area contributed by atoms with Crippen LogP contribution in [-0.2, 0) is 14.3 Å². The van der Waals surface area contributed by atoms with E-state index in [0.717, 1.165) is 51.6 Å². The lowest BCUT2D eigenvalue weighted by Gasteiger charge is -2.26. The molecule has 0 N–H and O–H groups in total. The van der Waals surface area contributed by atoms with Crippen LogP contribution < -0.4 is 0 Å². The molecule has 0 aromatic heterocycles. The first-order valence-corrected chi connectivity index (χ1v) is 6.58. The Bertz CT molecular complexity index is 263. The summed E-state index contributed by atoms with van der Waals surface area (Å²) in [5, 5.41) is 0. The van der Waals surface area contributed by atoms with Crippen molar-refractivity contribution in [1.82, 2.24) is 4.90 Å². The zero-order chi connectivity index (χ0) is 12.3. The summed E-state index contributed by atoms with van der Waals surface area (Å²) in [4.78, 5) is 14.0. The van der Waals surface area contributed by atoms with E-state index >= 15 is 0 Å². The average Bonchev–Trinajstić information content (AvgIpc) is 2.70. The first-order valence-electron chi connectivity index (χ1n) is 6.58. The molecule has 2 aliphatic rings. The molecule has 4 nitrogen and oxygen atoms in total. The largest absolute Gasteiger partial charge is 0.469 e. The molecular formula is C13H23NO3. The van der Waals surface area contributed by atoms with Crippen molar-refractivity contribution in [3.8, 4) is 0 Å². The van der Waals surface area contributed by atoms with Crippen LogP contribution in [0.15, 0.2) is 0 Å². The fraction of sp³-hybridized carbons (Fsp3) is 0.923. The van der Waals surface area contributed by atoms with E-state index in [-0.39, 0.29) is 11.9 Å². The number of rotatable bonds is 3. The molecule has 2 atom stereocenters. The van der Waals surface area contributed by atoms with Crippen LogP contribution in [0, 0.1) is 17.8 Å². The Kier molecular flexibility index (Phi) is 4.40. The van der Waals surface area contributed by atoms with Crippen LogP contribution in [-0.4, -0.2) is 50.8 Å². The second-order valence-electron chi connectivity index (χ2n) is 5.38. The number of methoxy groups -OCH3 is 1. The SMILES string of the molecule is COC(=O)C1CN(CC2CCOCC2)CC1C. The summed E-state index contributed by atoms with van der Waals surface area (Å²) >= 11 is 0. The van der Waals surface area contributed by atoms with Crippen LogP contribution in [0.2, 0.25) is 0 Å². The van der Waals surface area contributed by atoms with E-state index < -0.39 is 0 Å². The summed E-state index contributed by atoms with van der Waals surface area (Å²) in [7, 11) is 1.48. The number of esters is 1. The highest BCUT2D eigenvalue weighted by molar-refractivity contribution is 5.73. The van der Waals surface area contributed by atoms with Crippen molar-refractivity contribution in [3.63, 3.8) is 0 Å². The normalized spacial score (nSPS) is 31.6. The Morgan fingerprint density at radius 1 is 1.35 bits per heavy atom.